The van der Waals surface area contributed by atoms with Crippen LogP contribution < -0.4 is 10.1 Å². The van der Waals surface area contributed by atoms with E-state index >= 15 is 0 Å². The molecule has 1 heterocycles. The first-order valence-electron chi connectivity index (χ1n) is 6.46. The summed E-state index contributed by atoms with van der Waals surface area (Å²) in [5, 5.41) is 6.94. The number of nitrogens with one attached hydrogen (secondary N) is 1. The van der Waals surface area contributed by atoms with Crippen molar-refractivity contribution in [1.29, 1.82) is 0 Å². The minimum Gasteiger partial charge on any atom is -0.483 e. The van der Waals surface area contributed by atoms with Gasteiger partial charge >= 0.3 is 0 Å². The number of anilines is 1. The summed E-state index contributed by atoms with van der Waals surface area (Å²) in [6.07, 6.45) is 0. The number of hydrogen-bond acceptors (Lipinski definition) is 3. The summed E-state index contributed by atoms with van der Waals surface area (Å²) in [5.74, 6) is 1.19. The summed E-state index contributed by atoms with van der Waals surface area (Å²) >= 11 is 0. The Labute approximate surface area is 118 Å². The molecular weight excluding hydrogens is 254 g/mol. The Morgan fingerprint density at radius 3 is 2.65 bits per heavy atom. The molecule has 1 aromatic carbocycles. The molecule has 106 valence electrons. The highest BCUT2D eigenvalue weighted by molar-refractivity contribution is 5.91. The van der Waals surface area contributed by atoms with Crippen molar-refractivity contribution in [3.05, 3.63) is 41.1 Å². The van der Waals surface area contributed by atoms with E-state index in [2.05, 4.69) is 10.4 Å². The minimum atomic E-state index is -0.201. The highest BCUT2D eigenvalue weighted by Crippen LogP contribution is 2.18. The van der Waals surface area contributed by atoms with Crippen LogP contribution >= 0.6 is 0 Å². The Morgan fingerprint density at radius 2 is 2.05 bits per heavy atom. The zero-order chi connectivity index (χ0) is 14.7. The predicted octanol–water partition coefficient (Wildman–Crippen LogP) is 2.36. The van der Waals surface area contributed by atoms with E-state index < -0.39 is 0 Å². The van der Waals surface area contributed by atoms with Crippen LogP contribution in [0.2, 0.25) is 0 Å². The standard InChI is InChI=1S/C15H19N3O2/c1-10-5-6-13(11(2)7-10)20-9-15(19)16-14-8-12(3)17-18(14)4/h5-8H,9H2,1-4H3,(H,16,19). The predicted molar refractivity (Wildman–Crippen MR) is 78.0 cm³/mol. The molecule has 1 amide bonds. The maximum Gasteiger partial charge on any atom is 0.263 e. The van der Waals surface area contributed by atoms with E-state index in [0.29, 0.717) is 5.82 Å². The molecule has 0 bridgehead atoms. The summed E-state index contributed by atoms with van der Waals surface area (Å²) in [4.78, 5) is 11.8. The molecule has 1 aromatic heterocycles. The van der Waals surface area contributed by atoms with Gasteiger partial charge in [-0.15, -0.1) is 0 Å². The van der Waals surface area contributed by atoms with Crippen molar-refractivity contribution in [3.63, 3.8) is 0 Å². The molecule has 0 saturated heterocycles. The van der Waals surface area contributed by atoms with Gasteiger partial charge in [-0.25, -0.2) is 0 Å². The molecule has 20 heavy (non-hydrogen) atoms. The van der Waals surface area contributed by atoms with Gasteiger partial charge in [0.1, 0.15) is 11.6 Å². The average Bonchev–Trinajstić information content (AvgIpc) is 2.66. The van der Waals surface area contributed by atoms with Crippen LogP contribution in [-0.4, -0.2) is 22.3 Å². The summed E-state index contributed by atoms with van der Waals surface area (Å²) < 4.78 is 7.16. The van der Waals surface area contributed by atoms with Crippen molar-refractivity contribution < 1.29 is 9.53 Å². The molecule has 0 radical (unpaired) electrons. The van der Waals surface area contributed by atoms with E-state index in [4.69, 9.17) is 4.74 Å². The highest BCUT2D eigenvalue weighted by atomic mass is 16.5. The first-order chi connectivity index (χ1) is 9.45. The summed E-state index contributed by atoms with van der Waals surface area (Å²) in [7, 11) is 1.79. The van der Waals surface area contributed by atoms with Crippen LogP contribution in [0.25, 0.3) is 0 Å². The smallest absolute Gasteiger partial charge is 0.263 e. The molecule has 0 aliphatic rings. The number of ether oxygens (including phenoxy) is 1. The minimum absolute atomic E-state index is 0.0197. The van der Waals surface area contributed by atoms with Crippen LogP contribution in [0.4, 0.5) is 5.82 Å². The van der Waals surface area contributed by atoms with Gasteiger partial charge in [-0.05, 0) is 32.4 Å². The first kappa shape index (κ1) is 14.1. The van der Waals surface area contributed by atoms with E-state index in [9.17, 15) is 4.79 Å². The number of amides is 1. The average molecular weight is 273 g/mol. The van der Waals surface area contributed by atoms with E-state index in [1.54, 1.807) is 11.7 Å². The van der Waals surface area contributed by atoms with Crippen LogP contribution in [0.1, 0.15) is 16.8 Å². The van der Waals surface area contributed by atoms with Gasteiger partial charge in [0.2, 0.25) is 0 Å². The second-order valence-electron chi connectivity index (χ2n) is 4.90. The van der Waals surface area contributed by atoms with Crippen LogP contribution in [0.3, 0.4) is 0 Å². The van der Waals surface area contributed by atoms with Gasteiger partial charge in [0.25, 0.3) is 5.91 Å². The van der Waals surface area contributed by atoms with Gasteiger partial charge in [-0.2, -0.15) is 5.10 Å². The Bertz CT molecular complexity index is 632. The van der Waals surface area contributed by atoms with E-state index in [1.807, 2.05) is 45.0 Å². The van der Waals surface area contributed by atoms with E-state index in [1.165, 1.54) is 5.56 Å². The molecule has 0 atom stereocenters. The number of carbonyl (C=O) groups excluding carboxylic acids is 1. The zero-order valence-corrected chi connectivity index (χ0v) is 12.2. The van der Waals surface area contributed by atoms with Crippen LogP contribution in [0, 0.1) is 20.8 Å². The maximum atomic E-state index is 11.8. The van der Waals surface area contributed by atoms with Crippen molar-refractivity contribution >= 4 is 11.7 Å². The second-order valence-corrected chi connectivity index (χ2v) is 4.90. The lowest BCUT2D eigenvalue weighted by molar-refractivity contribution is -0.118. The Balaban J connectivity index is 1.94. The third kappa shape index (κ3) is 3.38. The number of hydrogen-bond donors (Lipinski definition) is 1. The Hall–Kier alpha value is -2.30. The Kier molecular flexibility index (Phi) is 4.08. The third-order valence-corrected chi connectivity index (χ3v) is 2.96. The van der Waals surface area contributed by atoms with Gasteiger partial charge in [0.05, 0.1) is 5.69 Å². The number of nitrogens with zero attached hydrogens (tertiary/aromatic N) is 2. The molecule has 0 aliphatic carbocycles. The molecule has 5 nitrogen and oxygen atoms in total. The van der Waals surface area contributed by atoms with E-state index in [0.717, 1.165) is 17.0 Å². The first-order valence-corrected chi connectivity index (χ1v) is 6.46. The lowest BCUT2D eigenvalue weighted by Crippen LogP contribution is -2.21. The monoisotopic (exact) mass is 273 g/mol. The van der Waals surface area contributed by atoms with Gasteiger partial charge in [0.15, 0.2) is 6.61 Å². The molecular formula is C15H19N3O2. The topological polar surface area (TPSA) is 56.1 Å². The van der Waals surface area contributed by atoms with Crippen molar-refractivity contribution in [3.8, 4) is 5.75 Å². The van der Waals surface area contributed by atoms with Gasteiger partial charge in [-0.1, -0.05) is 17.7 Å². The fourth-order valence-electron chi connectivity index (χ4n) is 2.01. The van der Waals surface area contributed by atoms with Crippen LogP contribution in [0.15, 0.2) is 24.3 Å². The number of rotatable bonds is 4. The van der Waals surface area contributed by atoms with Crippen molar-refractivity contribution in [2.24, 2.45) is 7.05 Å². The lowest BCUT2D eigenvalue weighted by atomic mass is 10.1. The molecule has 0 aliphatic heterocycles. The van der Waals surface area contributed by atoms with Crippen LogP contribution in [0.5, 0.6) is 5.75 Å². The summed E-state index contributed by atoms with van der Waals surface area (Å²) in [6.45, 7) is 5.84. The molecule has 0 fully saturated rings. The normalized spacial score (nSPS) is 10.4. The van der Waals surface area contributed by atoms with Gasteiger partial charge in [-0.3, -0.25) is 9.48 Å². The molecule has 0 saturated carbocycles. The summed E-state index contributed by atoms with van der Waals surface area (Å²) in [5.41, 5.74) is 3.05. The third-order valence-electron chi connectivity index (χ3n) is 2.96. The second kappa shape index (κ2) is 5.77. The zero-order valence-electron chi connectivity index (χ0n) is 12.2. The molecule has 0 unspecified atom stereocenters. The fourth-order valence-corrected chi connectivity index (χ4v) is 2.01. The largest absolute Gasteiger partial charge is 0.483 e. The Morgan fingerprint density at radius 1 is 1.30 bits per heavy atom. The van der Waals surface area contributed by atoms with Crippen molar-refractivity contribution in [1.82, 2.24) is 9.78 Å². The number of aromatic nitrogens is 2. The molecule has 1 N–H and O–H groups in total. The lowest BCUT2D eigenvalue weighted by Gasteiger charge is -2.10. The van der Waals surface area contributed by atoms with Crippen molar-refractivity contribution in [2.75, 3.05) is 11.9 Å². The van der Waals surface area contributed by atoms with Crippen molar-refractivity contribution in [2.45, 2.75) is 20.8 Å². The number of carbonyl (C=O) groups is 1. The van der Waals surface area contributed by atoms with Crippen LogP contribution in [-0.2, 0) is 11.8 Å². The SMILES string of the molecule is Cc1ccc(OCC(=O)Nc2cc(C)nn2C)c(C)c1. The van der Waals surface area contributed by atoms with Gasteiger partial charge < -0.3 is 10.1 Å². The number of aryl methyl sites for hydroxylation is 4. The van der Waals surface area contributed by atoms with E-state index in [-0.39, 0.29) is 12.5 Å². The molecule has 2 aromatic rings. The summed E-state index contributed by atoms with van der Waals surface area (Å²) in [6, 6.07) is 7.68. The van der Waals surface area contributed by atoms with Gasteiger partial charge in [0, 0.05) is 13.1 Å². The quantitative estimate of drug-likeness (QED) is 0.930. The highest BCUT2D eigenvalue weighted by Gasteiger charge is 2.08. The molecule has 2 rings (SSSR count). The maximum absolute atomic E-state index is 11.8. The molecule has 5 heteroatoms. The number of benzene rings is 1. The fraction of sp³-hybridized carbons (Fsp3) is 0.333. The molecule has 0 spiro atoms.